The number of thioether (sulfide) groups is 1. The Labute approximate surface area is 98.6 Å². The van der Waals surface area contributed by atoms with E-state index in [0.717, 1.165) is 10.6 Å². The first-order valence-electron chi connectivity index (χ1n) is 5.20. The van der Waals surface area contributed by atoms with Crippen molar-refractivity contribution in [1.29, 1.82) is 0 Å². The van der Waals surface area contributed by atoms with Gasteiger partial charge in [-0.1, -0.05) is 13.8 Å². The van der Waals surface area contributed by atoms with E-state index in [4.69, 9.17) is 0 Å². The van der Waals surface area contributed by atoms with Crippen LogP contribution < -0.4 is 5.32 Å². The van der Waals surface area contributed by atoms with E-state index in [1.165, 1.54) is 0 Å². The van der Waals surface area contributed by atoms with Crippen LogP contribution >= 0.6 is 11.8 Å². The Hall–Kier alpha value is -1.29. The van der Waals surface area contributed by atoms with Crippen LogP contribution in [0.1, 0.15) is 24.2 Å². The highest BCUT2D eigenvalue weighted by molar-refractivity contribution is 7.99. The van der Waals surface area contributed by atoms with Gasteiger partial charge in [0.2, 0.25) is 0 Å². The van der Waals surface area contributed by atoms with E-state index in [0.29, 0.717) is 17.2 Å². The molecule has 1 heterocycles. The number of anilines is 1. The lowest BCUT2D eigenvalue weighted by Crippen LogP contribution is -2.12. The first-order valence-corrected chi connectivity index (χ1v) is 6.19. The number of nitrogens with one attached hydrogen (secondary N) is 1. The van der Waals surface area contributed by atoms with Crippen molar-refractivity contribution in [3.8, 4) is 0 Å². The largest absolute Gasteiger partial charge is 0.318 e. The van der Waals surface area contributed by atoms with Crippen LogP contribution in [0.3, 0.4) is 0 Å². The van der Waals surface area contributed by atoms with Crippen molar-refractivity contribution in [3.05, 3.63) is 23.8 Å². The van der Waals surface area contributed by atoms with Crippen LogP contribution in [0.2, 0.25) is 0 Å². The lowest BCUT2D eigenvalue weighted by atomic mass is 10.1. The summed E-state index contributed by atoms with van der Waals surface area (Å²) in [6.45, 7) is 4.32. The summed E-state index contributed by atoms with van der Waals surface area (Å²) in [5.41, 5.74) is 1.13. The van der Waals surface area contributed by atoms with Gasteiger partial charge in [0.05, 0.1) is 11.3 Å². The van der Waals surface area contributed by atoms with Crippen LogP contribution in [0.5, 0.6) is 0 Å². The Bertz CT molecular complexity index is 454. The third-order valence-electron chi connectivity index (χ3n) is 2.27. The topological polar surface area (TPSA) is 46.2 Å². The number of carbonyl (C=O) groups is 2. The average molecular weight is 235 g/mol. The highest BCUT2D eigenvalue weighted by Gasteiger charge is 2.27. The molecule has 0 aliphatic carbocycles. The molecule has 0 bridgehead atoms. The fourth-order valence-corrected chi connectivity index (χ4v) is 2.37. The number of carbonyl (C=O) groups excluding carboxylic acids is 2. The molecule has 84 valence electrons. The molecule has 0 saturated heterocycles. The minimum absolute atomic E-state index is 0.435. The lowest BCUT2D eigenvalue weighted by Gasteiger charge is -2.05. The molecular weight excluding hydrogens is 222 g/mol. The molecule has 0 atom stereocenters. The molecule has 16 heavy (non-hydrogen) atoms. The quantitative estimate of drug-likeness (QED) is 0.647. The normalized spacial score (nSPS) is 14.2. The molecule has 3 nitrogen and oxygen atoms in total. The van der Waals surface area contributed by atoms with Gasteiger partial charge in [0.15, 0.2) is 0 Å². The lowest BCUT2D eigenvalue weighted by molar-refractivity contribution is -0.112. The highest BCUT2D eigenvalue weighted by Crippen LogP contribution is 2.29. The van der Waals surface area contributed by atoms with Crippen molar-refractivity contribution >= 4 is 29.1 Å². The fraction of sp³-hybridized carbons (Fsp3) is 0.333. The summed E-state index contributed by atoms with van der Waals surface area (Å²) in [6, 6.07) is 5.48. The Morgan fingerprint density at radius 1 is 1.31 bits per heavy atom. The van der Waals surface area contributed by atoms with E-state index >= 15 is 0 Å². The van der Waals surface area contributed by atoms with Crippen LogP contribution in [0.25, 0.3) is 0 Å². The number of amides is 1. The molecule has 0 aromatic heterocycles. The van der Waals surface area contributed by atoms with Crippen LogP contribution in [-0.4, -0.2) is 17.4 Å². The van der Waals surface area contributed by atoms with Gasteiger partial charge >= 0.3 is 0 Å². The fourth-order valence-electron chi connectivity index (χ4n) is 1.48. The predicted octanol–water partition coefficient (Wildman–Crippen LogP) is 2.57. The van der Waals surface area contributed by atoms with E-state index in [1.807, 2.05) is 12.1 Å². The molecule has 4 heteroatoms. The van der Waals surface area contributed by atoms with Crippen LogP contribution in [0.4, 0.5) is 5.69 Å². The molecule has 1 aliphatic rings. The summed E-state index contributed by atoms with van der Waals surface area (Å²) >= 11 is 1.73. The maximum Gasteiger partial charge on any atom is 0.296 e. The SMILES string of the molecule is CC(C)CSc1ccc2c(c1)NC(=O)C2=O. The molecule has 1 aliphatic heterocycles. The second-order valence-electron chi connectivity index (χ2n) is 4.20. The average Bonchev–Trinajstić information content (AvgIpc) is 2.52. The Balaban J connectivity index is 2.19. The third kappa shape index (κ3) is 2.11. The third-order valence-corrected chi connectivity index (χ3v) is 3.69. The van der Waals surface area contributed by atoms with Gasteiger partial charge in [0, 0.05) is 10.6 Å². The molecule has 2 rings (SSSR count). The van der Waals surface area contributed by atoms with E-state index < -0.39 is 11.7 Å². The van der Waals surface area contributed by atoms with Gasteiger partial charge in [0.1, 0.15) is 0 Å². The van der Waals surface area contributed by atoms with E-state index in [-0.39, 0.29) is 0 Å². The first kappa shape index (κ1) is 11.2. The minimum atomic E-state index is -0.527. The molecule has 0 saturated carbocycles. The van der Waals surface area contributed by atoms with Crippen LogP contribution in [-0.2, 0) is 4.79 Å². The standard InChI is InChI=1S/C12H13NO2S/c1-7(2)6-16-8-3-4-9-10(5-8)13-12(15)11(9)14/h3-5,7H,6H2,1-2H3,(H,13,14,15). The zero-order valence-electron chi connectivity index (χ0n) is 9.24. The van der Waals surface area contributed by atoms with Gasteiger partial charge in [-0.3, -0.25) is 9.59 Å². The van der Waals surface area contributed by atoms with Gasteiger partial charge in [0.25, 0.3) is 11.7 Å². The summed E-state index contributed by atoms with van der Waals surface area (Å²) in [5, 5.41) is 2.57. The van der Waals surface area contributed by atoms with E-state index in [1.54, 1.807) is 17.8 Å². The molecule has 1 amide bonds. The number of rotatable bonds is 3. The zero-order valence-corrected chi connectivity index (χ0v) is 10.1. The monoisotopic (exact) mass is 235 g/mol. The summed E-state index contributed by atoms with van der Waals surface area (Å²) in [7, 11) is 0. The summed E-state index contributed by atoms with van der Waals surface area (Å²) < 4.78 is 0. The smallest absolute Gasteiger partial charge is 0.296 e. The zero-order chi connectivity index (χ0) is 11.7. The minimum Gasteiger partial charge on any atom is -0.318 e. The first-order chi connectivity index (χ1) is 7.58. The van der Waals surface area contributed by atoms with Crippen molar-refractivity contribution in [3.63, 3.8) is 0 Å². The second kappa shape index (κ2) is 4.29. The van der Waals surface area contributed by atoms with Gasteiger partial charge in [-0.25, -0.2) is 0 Å². The maximum absolute atomic E-state index is 11.4. The number of hydrogen-bond donors (Lipinski definition) is 1. The Morgan fingerprint density at radius 2 is 2.06 bits per heavy atom. The molecule has 1 N–H and O–H groups in total. The molecule has 1 aromatic carbocycles. The highest BCUT2D eigenvalue weighted by atomic mass is 32.2. The van der Waals surface area contributed by atoms with Crippen molar-refractivity contribution < 1.29 is 9.59 Å². The van der Waals surface area contributed by atoms with Gasteiger partial charge in [-0.05, 0) is 24.1 Å². The number of hydrogen-bond acceptors (Lipinski definition) is 3. The van der Waals surface area contributed by atoms with Crippen molar-refractivity contribution in [1.82, 2.24) is 0 Å². The van der Waals surface area contributed by atoms with Gasteiger partial charge in [-0.15, -0.1) is 11.8 Å². The molecule has 1 aromatic rings. The van der Waals surface area contributed by atoms with Crippen molar-refractivity contribution in [2.24, 2.45) is 5.92 Å². The van der Waals surface area contributed by atoms with Crippen molar-refractivity contribution in [2.75, 3.05) is 11.1 Å². The second-order valence-corrected chi connectivity index (χ2v) is 5.29. The number of fused-ring (bicyclic) bond motifs is 1. The number of Topliss-reactive ketones (excluding diaryl/α,β-unsaturated/α-hetero) is 1. The molecule has 0 fully saturated rings. The van der Waals surface area contributed by atoms with E-state index in [9.17, 15) is 9.59 Å². The maximum atomic E-state index is 11.4. The van der Waals surface area contributed by atoms with Crippen molar-refractivity contribution in [2.45, 2.75) is 18.7 Å². The molecule has 0 radical (unpaired) electrons. The summed E-state index contributed by atoms with van der Waals surface area (Å²) in [5.74, 6) is 0.687. The Morgan fingerprint density at radius 3 is 2.75 bits per heavy atom. The molecule has 0 spiro atoms. The summed E-state index contributed by atoms with van der Waals surface area (Å²) in [4.78, 5) is 23.6. The van der Waals surface area contributed by atoms with Gasteiger partial charge in [-0.2, -0.15) is 0 Å². The van der Waals surface area contributed by atoms with Crippen LogP contribution in [0, 0.1) is 5.92 Å². The Kier molecular flexibility index (Phi) is 3.01. The van der Waals surface area contributed by atoms with E-state index in [2.05, 4.69) is 19.2 Å². The summed E-state index contributed by atoms with van der Waals surface area (Å²) in [6.07, 6.45) is 0. The van der Waals surface area contributed by atoms with Gasteiger partial charge < -0.3 is 5.32 Å². The van der Waals surface area contributed by atoms with Crippen LogP contribution in [0.15, 0.2) is 23.1 Å². The number of benzene rings is 1. The predicted molar refractivity (Wildman–Crippen MR) is 65.0 cm³/mol. The molecule has 0 unspecified atom stereocenters. The number of ketones is 1. The molecular formula is C12H13NO2S.